The van der Waals surface area contributed by atoms with Gasteiger partial charge in [0.1, 0.15) is 0 Å². The van der Waals surface area contributed by atoms with Gasteiger partial charge in [-0.25, -0.2) is 0 Å². The maximum atomic E-state index is 12.5. The van der Waals surface area contributed by atoms with Crippen molar-refractivity contribution in [2.75, 3.05) is 6.61 Å². The predicted octanol–water partition coefficient (Wildman–Crippen LogP) is 20.7. The molecule has 0 spiro atoms. The van der Waals surface area contributed by atoms with E-state index in [0.29, 0.717) is 12.8 Å². The number of carbonyl (C=O) groups is 1. The summed E-state index contributed by atoms with van der Waals surface area (Å²) in [6.07, 6.45) is 75.6. The molecular weight excluding hydrogens is 807 g/mol. The Hall–Kier alpha value is -0.610. The molecule has 0 rings (SSSR count). The number of nitrogens with one attached hydrogen (secondary N) is 1. The molecule has 4 nitrogen and oxygen atoms in total. The van der Waals surface area contributed by atoms with Gasteiger partial charge in [0.2, 0.25) is 5.91 Å². The number of rotatable bonds is 59. The molecule has 0 aromatic rings. The molecule has 0 saturated heterocycles. The molecule has 0 aliphatic rings. The van der Waals surface area contributed by atoms with Crippen molar-refractivity contribution in [2.24, 2.45) is 0 Å². The molecule has 0 saturated carbocycles. The molecule has 0 aliphatic carbocycles. The van der Waals surface area contributed by atoms with Crippen LogP contribution in [0.15, 0.2) is 0 Å². The van der Waals surface area contributed by atoms with Crippen LogP contribution >= 0.6 is 0 Å². The van der Waals surface area contributed by atoms with Crippen molar-refractivity contribution >= 4 is 5.91 Å². The van der Waals surface area contributed by atoms with Crippen molar-refractivity contribution in [2.45, 2.75) is 386 Å². The van der Waals surface area contributed by atoms with Gasteiger partial charge in [-0.3, -0.25) is 4.79 Å². The Morgan fingerprint density at radius 1 is 0.303 bits per heavy atom. The third-order valence-corrected chi connectivity index (χ3v) is 15.1. The van der Waals surface area contributed by atoms with Gasteiger partial charge in [0.15, 0.2) is 0 Å². The maximum Gasteiger partial charge on any atom is 0.220 e. The van der Waals surface area contributed by atoms with Gasteiger partial charge < -0.3 is 15.5 Å². The second-order valence-corrected chi connectivity index (χ2v) is 21.8. The van der Waals surface area contributed by atoms with E-state index < -0.39 is 12.1 Å². The second kappa shape index (κ2) is 58.7. The third-order valence-electron chi connectivity index (χ3n) is 15.1. The average molecular weight is 933 g/mol. The van der Waals surface area contributed by atoms with Crippen molar-refractivity contribution in [3.8, 4) is 0 Å². The van der Waals surface area contributed by atoms with Crippen LogP contribution in [0.25, 0.3) is 0 Å². The number of hydrogen-bond acceptors (Lipinski definition) is 3. The smallest absolute Gasteiger partial charge is 0.220 e. The molecule has 0 aliphatic heterocycles. The molecule has 0 fully saturated rings. The molecule has 0 bridgehead atoms. The molecule has 3 N–H and O–H groups in total. The summed E-state index contributed by atoms with van der Waals surface area (Å²) in [5.41, 5.74) is 0. The first-order chi connectivity index (χ1) is 32.7. The Bertz CT molecular complexity index is 879. The number of hydrogen-bond donors (Lipinski definition) is 3. The molecule has 0 aromatic carbocycles. The Kier molecular flexibility index (Phi) is 58.2. The maximum absolute atomic E-state index is 12.5. The van der Waals surface area contributed by atoms with E-state index in [9.17, 15) is 15.0 Å². The predicted molar refractivity (Wildman–Crippen MR) is 295 cm³/mol. The van der Waals surface area contributed by atoms with Gasteiger partial charge in [0.05, 0.1) is 18.8 Å². The van der Waals surface area contributed by atoms with Crippen LogP contribution in [0, 0.1) is 0 Å². The molecule has 1 amide bonds. The van der Waals surface area contributed by atoms with E-state index in [1.54, 1.807) is 0 Å². The molecule has 396 valence electrons. The lowest BCUT2D eigenvalue weighted by atomic mass is 10.0. The van der Waals surface area contributed by atoms with E-state index in [1.165, 1.54) is 321 Å². The molecule has 0 aromatic heterocycles. The van der Waals surface area contributed by atoms with Gasteiger partial charge in [-0.05, 0) is 12.8 Å². The van der Waals surface area contributed by atoms with Gasteiger partial charge in [0.25, 0.3) is 0 Å². The largest absolute Gasteiger partial charge is 0.394 e. The average Bonchev–Trinajstić information content (AvgIpc) is 3.32. The molecule has 0 radical (unpaired) electrons. The lowest BCUT2D eigenvalue weighted by molar-refractivity contribution is -0.123. The summed E-state index contributed by atoms with van der Waals surface area (Å²) in [6.45, 7) is 4.41. The Balaban J connectivity index is 3.34. The standard InChI is InChI=1S/C62H125NO3/c1-3-5-7-9-11-13-15-17-19-21-23-24-25-26-27-28-29-30-31-32-33-34-35-36-37-38-39-40-42-44-46-48-50-52-54-56-58-62(66)63-60(59-64)61(65)57-55-53-51-49-47-45-43-41-22-20-18-16-14-12-10-8-6-4-2/h60-61,64-65H,3-59H2,1-2H3,(H,63,66). The topological polar surface area (TPSA) is 69.6 Å². The minimum absolute atomic E-state index is 0.0212. The van der Waals surface area contributed by atoms with Crippen LogP contribution in [0.3, 0.4) is 0 Å². The van der Waals surface area contributed by atoms with Crippen LogP contribution < -0.4 is 5.32 Å². The Morgan fingerprint density at radius 3 is 0.682 bits per heavy atom. The summed E-state index contributed by atoms with van der Waals surface area (Å²) >= 11 is 0. The summed E-state index contributed by atoms with van der Waals surface area (Å²) in [4.78, 5) is 12.5. The third kappa shape index (κ3) is 54.3. The highest BCUT2D eigenvalue weighted by Crippen LogP contribution is 2.19. The van der Waals surface area contributed by atoms with Crippen LogP contribution in [-0.4, -0.2) is 34.9 Å². The first kappa shape index (κ1) is 65.4. The zero-order valence-electron chi connectivity index (χ0n) is 45.8. The molecular formula is C62H125NO3. The van der Waals surface area contributed by atoms with Crippen molar-refractivity contribution in [3.05, 3.63) is 0 Å². The highest BCUT2D eigenvalue weighted by Gasteiger charge is 2.20. The van der Waals surface area contributed by atoms with E-state index in [2.05, 4.69) is 19.2 Å². The highest BCUT2D eigenvalue weighted by atomic mass is 16.3. The van der Waals surface area contributed by atoms with Crippen molar-refractivity contribution in [3.63, 3.8) is 0 Å². The molecule has 2 unspecified atom stereocenters. The van der Waals surface area contributed by atoms with Gasteiger partial charge in [-0.2, -0.15) is 0 Å². The lowest BCUT2D eigenvalue weighted by Gasteiger charge is -2.22. The Labute approximate surface area is 416 Å². The minimum Gasteiger partial charge on any atom is -0.394 e. The SMILES string of the molecule is CCCCCCCCCCCCCCCCCCCCCCCCCCCCCCCCCCCCCCC(=O)NC(CO)C(O)CCCCCCCCCCCCCCCCCCCC. The highest BCUT2D eigenvalue weighted by molar-refractivity contribution is 5.76. The quantitative estimate of drug-likeness (QED) is 0.0532. The Morgan fingerprint density at radius 2 is 0.485 bits per heavy atom. The van der Waals surface area contributed by atoms with Crippen LogP contribution in [0.1, 0.15) is 373 Å². The fraction of sp³-hybridized carbons (Fsp3) is 0.984. The number of amides is 1. The zero-order chi connectivity index (χ0) is 47.7. The molecule has 66 heavy (non-hydrogen) atoms. The fourth-order valence-corrected chi connectivity index (χ4v) is 10.4. The van der Waals surface area contributed by atoms with E-state index in [-0.39, 0.29) is 12.5 Å². The van der Waals surface area contributed by atoms with Crippen molar-refractivity contribution in [1.29, 1.82) is 0 Å². The first-order valence-corrected chi connectivity index (χ1v) is 31.2. The van der Waals surface area contributed by atoms with Crippen LogP contribution in [0.5, 0.6) is 0 Å². The van der Waals surface area contributed by atoms with Crippen molar-refractivity contribution < 1.29 is 15.0 Å². The molecule has 2 atom stereocenters. The van der Waals surface area contributed by atoms with E-state index in [0.717, 1.165) is 25.7 Å². The van der Waals surface area contributed by atoms with Gasteiger partial charge >= 0.3 is 0 Å². The first-order valence-electron chi connectivity index (χ1n) is 31.2. The number of carbonyl (C=O) groups excluding carboxylic acids is 1. The summed E-state index contributed by atoms with van der Waals surface area (Å²) in [5.74, 6) is -0.0212. The molecule has 4 heteroatoms. The van der Waals surface area contributed by atoms with E-state index >= 15 is 0 Å². The second-order valence-electron chi connectivity index (χ2n) is 21.8. The summed E-state index contributed by atoms with van der Waals surface area (Å²) in [5, 5.41) is 23.4. The van der Waals surface area contributed by atoms with Crippen LogP contribution in [0.4, 0.5) is 0 Å². The number of aliphatic hydroxyl groups is 2. The monoisotopic (exact) mass is 932 g/mol. The lowest BCUT2D eigenvalue weighted by Crippen LogP contribution is -2.45. The van der Waals surface area contributed by atoms with Crippen molar-refractivity contribution in [1.82, 2.24) is 5.32 Å². The number of aliphatic hydroxyl groups excluding tert-OH is 2. The molecule has 0 heterocycles. The fourth-order valence-electron chi connectivity index (χ4n) is 10.4. The van der Waals surface area contributed by atoms with Gasteiger partial charge in [0, 0.05) is 6.42 Å². The zero-order valence-corrected chi connectivity index (χ0v) is 45.8. The minimum atomic E-state index is -0.655. The summed E-state index contributed by atoms with van der Waals surface area (Å²) in [6, 6.07) is -0.531. The van der Waals surface area contributed by atoms with E-state index in [1.807, 2.05) is 0 Å². The summed E-state index contributed by atoms with van der Waals surface area (Å²) < 4.78 is 0. The van der Waals surface area contributed by atoms with Gasteiger partial charge in [-0.15, -0.1) is 0 Å². The summed E-state index contributed by atoms with van der Waals surface area (Å²) in [7, 11) is 0. The van der Waals surface area contributed by atoms with Gasteiger partial charge in [-0.1, -0.05) is 354 Å². The van der Waals surface area contributed by atoms with E-state index in [4.69, 9.17) is 0 Å². The van der Waals surface area contributed by atoms with Crippen LogP contribution in [-0.2, 0) is 4.79 Å². The van der Waals surface area contributed by atoms with Crippen LogP contribution in [0.2, 0.25) is 0 Å². The normalized spacial score (nSPS) is 12.6. The number of unbranched alkanes of at least 4 members (excludes halogenated alkanes) is 52.